The molecule has 1 nitrogen and oxygen atoms in total. The molecule has 2 rings (SSSR count). The van der Waals surface area contributed by atoms with Gasteiger partial charge in [-0.05, 0) is 36.8 Å². The molecule has 1 aliphatic heterocycles. The molecule has 1 fully saturated rings. The predicted molar refractivity (Wildman–Crippen MR) is 70.0 cm³/mol. The van der Waals surface area contributed by atoms with E-state index in [0.717, 1.165) is 24.8 Å². The van der Waals surface area contributed by atoms with Crippen molar-refractivity contribution >= 4 is 0 Å². The summed E-state index contributed by atoms with van der Waals surface area (Å²) in [6, 6.07) is 6.44. The fourth-order valence-corrected chi connectivity index (χ4v) is 2.66. The van der Waals surface area contributed by atoms with E-state index in [0.29, 0.717) is 6.42 Å². The Hall–Kier alpha value is -1.03. The minimum absolute atomic E-state index is 0.170. The molecule has 0 radical (unpaired) electrons. The van der Waals surface area contributed by atoms with Gasteiger partial charge in [0.15, 0.2) is 0 Å². The van der Waals surface area contributed by atoms with Crippen molar-refractivity contribution < 1.29 is 13.2 Å². The van der Waals surface area contributed by atoms with Gasteiger partial charge in [0.1, 0.15) is 6.04 Å². The van der Waals surface area contributed by atoms with E-state index in [1.54, 1.807) is 0 Å². The summed E-state index contributed by atoms with van der Waals surface area (Å²) < 4.78 is 38.2. The first-order chi connectivity index (χ1) is 9.00. The van der Waals surface area contributed by atoms with Gasteiger partial charge in [-0.25, -0.2) is 0 Å². The van der Waals surface area contributed by atoms with Gasteiger partial charge in [0.05, 0.1) is 0 Å². The lowest BCUT2D eigenvalue weighted by atomic mass is 9.92. The highest BCUT2D eigenvalue weighted by Crippen LogP contribution is 2.33. The predicted octanol–water partition coefficient (Wildman–Crippen LogP) is 4.38. The number of hydrogen-bond donors (Lipinski definition) is 1. The van der Waals surface area contributed by atoms with Crippen LogP contribution in [0.1, 0.15) is 49.8 Å². The van der Waals surface area contributed by atoms with E-state index in [9.17, 15) is 13.2 Å². The molecular weight excluding hydrogens is 251 g/mol. The van der Waals surface area contributed by atoms with Crippen molar-refractivity contribution in [2.24, 2.45) is 0 Å². The molecule has 1 aliphatic rings. The highest BCUT2D eigenvalue weighted by molar-refractivity contribution is 5.25. The highest BCUT2D eigenvalue weighted by atomic mass is 19.4. The zero-order chi connectivity index (χ0) is 13.9. The van der Waals surface area contributed by atoms with Crippen LogP contribution in [0.2, 0.25) is 0 Å². The lowest BCUT2D eigenvalue weighted by Crippen LogP contribution is -2.46. The Morgan fingerprint density at radius 2 is 1.84 bits per heavy atom. The Morgan fingerprint density at radius 3 is 2.42 bits per heavy atom. The number of hydrogen-bond acceptors (Lipinski definition) is 1. The summed E-state index contributed by atoms with van der Waals surface area (Å²) in [4.78, 5) is 0. The van der Waals surface area contributed by atoms with E-state index in [2.05, 4.69) is 12.2 Å². The van der Waals surface area contributed by atoms with Gasteiger partial charge in [-0.1, -0.05) is 37.6 Å². The second-order valence-electron chi connectivity index (χ2n) is 5.24. The second-order valence-corrected chi connectivity index (χ2v) is 5.24. The summed E-state index contributed by atoms with van der Waals surface area (Å²) in [6.07, 6.45) is -0.451. The van der Waals surface area contributed by atoms with E-state index in [4.69, 9.17) is 0 Å². The zero-order valence-corrected chi connectivity index (χ0v) is 11.1. The van der Waals surface area contributed by atoms with Gasteiger partial charge in [0.2, 0.25) is 0 Å². The fraction of sp³-hybridized carbons (Fsp3) is 0.600. The summed E-state index contributed by atoms with van der Waals surface area (Å²) in [5.41, 5.74) is 2.21. The Morgan fingerprint density at radius 1 is 1.16 bits per heavy atom. The maximum Gasteiger partial charge on any atom is 0.403 e. The van der Waals surface area contributed by atoms with E-state index in [1.807, 2.05) is 24.3 Å². The van der Waals surface area contributed by atoms with Crippen LogP contribution in [-0.4, -0.2) is 12.2 Å². The SMILES string of the molecule is CCCc1ccc(C2CCCC(C(F)(F)F)N2)cc1. The Labute approximate surface area is 112 Å². The summed E-state index contributed by atoms with van der Waals surface area (Å²) in [6.45, 7) is 2.12. The highest BCUT2D eigenvalue weighted by Gasteiger charge is 2.42. The molecule has 19 heavy (non-hydrogen) atoms. The van der Waals surface area contributed by atoms with Crippen molar-refractivity contribution in [2.45, 2.75) is 57.3 Å². The third-order valence-electron chi connectivity index (χ3n) is 3.70. The molecule has 0 saturated carbocycles. The molecule has 0 amide bonds. The summed E-state index contributed by atoms with van der Waals surface area (Å²) >= 11 is 0. The van der Waals surface area contributed by atoms with Crippen molar-refractivity contribution in [3.8, 4) is 0 Å². The standard InChI is InChI=1S/C15H20F3N/c1-2-4-11-7-9-12(10-8-11)13-5-3-6-14(19-13)15(16,17)18/h7-10,13-14,19H,2-6H2,1H3. The van der Waals surface area contributed by atoms with Crippen LogP contribution < -0.4 is 5.32 Å². The van der Waals surface area contributed by atoms with Gasteiger partial charge in [0, 0.05) is 6.04 Å². The van der Waals surface area contributed by atoms with Gasteiger partial charge in [-0.2, -0.15) is 13.2 Å². The van der Waals surface area contributed by atoms with Crippen LogP contribution in [0.5, 0.6) is 0 Å². The topological polar surface area (TPSA) is 12.0 Å². The minimum Gasteiger partial charge on any atom is -0.299 e. The molecule has 2 atom stereocenters. The number of benzene rings is 1. The van der Waals surface area contributed by atoms with Gasteiger partial charge >= 0.3 is 6.18 Å². The van der Waals surface area contributed by atoms with Crippen LogP contribution in [0, 0.1) is 0 Å². The first kappa shape index (κ1) is 14.4. The molecule has 1 heterocycles. The molecule has 2 unspecified atom stereocenters. The molecule has 1 aromatic carbocycles. The van der Waals surface area contributed by atoms with Crippen LogP contribution in [0.3, 0.4) is 0 Å². The largest absolute Gasteiger partial charge is 0.403 e. The quantitative estimate of drug-likeness (QED) is 0.860. The Balaban J connectivity index is 2.04. The first-order valence-electron chi connectivity index (χ1n) is 6.92. The number of nitrogens with one attached hydrogen (secondary N) is 1. The molecule has 4 heteroatoms. The van der Waals surface area contributed by atoms with Gasteiger partial charge in [-0.15, -0.1) is 0 Å². The zero-order valence-electron chi connectivity index (χ0n) is 11.1. The second kappa shape index (κ2) is 5.95. The van der Waals surface area contributed by atoms with Crippen molar-refractivity contribution in [2.75, 3.05) is 0 Å². The molecule has 1 saturated heterocycles. The number of piperidine rings is 1. The normalized spacial score (nSPS) is 24.4. The van der Waals surface area contributed by atoms with E-state index in [1.165, 1.54) is 5.56 Å². The summed E-state index contributed by atoms with van der Waals surface area (Å²) in [5, 5.41) is 2.74. The van der Waals surface area contributed by atoms with Gasteiger partial charge < -0.3 is 0 Å². The minimum atomic E-state index is -4.14. The third-order valence-corrected chi connectivity index (χ3v) is 3.70. The Bertz CT molecular complexity index is 397. The molecular formula is C15H20F3N. The lowest BCUT2D eigenvalue weighted by Gasteiger charge is -2.32. The lowest BCUT2D eigenvalue weighted by molar-refractivity contribution is -0.163. The average Bonchev–Trinajstić information content (AvgIpc) is 2.39. The fourth-order valence-electron chi connectivity index (χ4n) is 2.66. The van der Waals surface area contributed by atoms with Crippen molar-refractivity contribution in [3.63, 3.8) is 0 Å². The third kappa shape index (κ3) is 3.72. The van der Waals surface area contributed by atoms with E-state index >= 15 is 0 Å². The van der Waals surface area contributed by atoms with Crippen LogP contribution in [0.15, 0.2) is 24.3 Å². The molecule has 0 aromatic heterocycles. The van der Waals surface area contributed by atoms with E-state index < -0.39 is 12.2 Å². The number of rotatable bonds is 3. The van der Waals surface area contributed by atoms with E-state index in [-0.39, 0.29) is 12.5 Å². The summed E-state index contributed by atoms with van der Waals surface area (Å²) in [7, 11) is 0. The first-order valence-corrected chi connectivity index (χ1v) is 6.92. The monoisotopic (exact) mass is 271 g/mol. The molecule has 1 N–H and O–H groups in total. The van der Waals surface area contributed by atoms with Gasteiger partial charge in [-0.3, -0.25) is 5.32 Å². The van der Waals surface area contributed by atoms with Crippen molar-refractivity contribution in [1.29, 1.82) is 0 Å². The van der Waals surface area contributed by atoms with Crippen molar-refractivity contribution in [3.05, 3.63) is 35.4 Å². The molecule has 1 aromatic rings. The molecule has 0 aliphatic carbocycles. The molecule has 0 bridgehead atoms. The number of alkyl halides is 3. The smallest absolute Gasteiger partial charge is 0.299 e. The molecule has 106 valence electrons. The number of halogens is 3. The maximum absolute atomic E-state index is 12.7. The Kier molecular flexibility index (Phi) is 4.50. The maximum atomic E-state index is 12.7. The molecule has 0 spiro atoms. The van der Waals surface area contributed by atoms with Crippen LogP contribution in [0.25, 0.3) is 0 Å². The van der Waals surface area contributed by atoms with Crippen molar-refractivity contribution in [1.82, 2.24) is 5.32 Å². The van der Waals surface area contributed by atoms with Crippen LogP contribution >= 0.6 is 0 Å². The number of aryl methyl sites for hydroxylation is 1. The van der Waals surface area contributed by atoms with Crippen LogP contribution in [-0.2, 0) is 6.42 Å². The van der Waals surface area contributed by atoms with Gasteiger partial charge in [0.25, 0.3) is 0 Å². The average molecular weight is 271 g/mol. The van der Waals surface area contributed by atoms with Crippen LogP contribution in [0.4, 0.5) is 13.2 Å². The summed E-state index contributed by atoms with van der Waals surface area (Å²) in [5.74, 6) is 0.